The van der Waals surface area contributed by atoms with E-state index in [1.165, 1.54) is 34.8 Å². The Bertz CT molecular complexity index is 591. The van der Waals surface area contributed by atoms with Crippen LogP contribution in [0.1, 0.15) is 39.6 Å². The Morgan fingerprint density at radius 1 is 1.09 bits per heavy atom. The molecule has 0 fully saturated rings. The summed E-state index contributed by atoms with van der Waals surface area (Å²) in [6.45, 7) is 4.33. The maximum Gasteiger partial charge on any atom is 0.248 e. The normalized spacial score (nSPS) is 9.55. The number of nitrogens with two attached hydrogens (primary N) is 1. The van der Waals surface area contributed by atoms with Crippen LogP contribution < -0.4 is 5.73 Å². The molecule has 2 aromatic rings. The molecule has 0 saturated carbocycles. The summed E-state index contributed by atoms with van der Waals surface area (Å²) in [6, 6.07) is 14.8. The van der Waals surface area contributed by atoms with Crippen molar-refractivity contribution in [2.75, 3.05) is 5.75 Å². The average molecular weight is 315 g/mol. The van der Waals surface area contributed by atoms with Gasteiger partial charge in [0, 0.05) is 16.0 Å². The fraction of sp³-hybridized carbons (Fsp3) is 0.222. The highest BCUT2D eigenvalue weighted by Crippen LogP contribution is 2.18. The molecule has 0 spiro atoms. The van der Waals surface area contributed by atoms with Crippen molar-refractivity contribution >= 4 is 24.0 Å². The quantitative estimate of drug-likeness (QED) is 0.667. The smallest absolute Gasteiger partial charge is 0.248 e. The van der Waals surface area contributed by atoms with Gasteiger partial charge in [0.2, 0.25) is 5.91 Å². The van der Waals surface area contributed by atoms with Crippen molar-refractivity contribution in [2.45, 2.75) is 25.2 Å². The van der Waals surface area contributed by atoms with Gasteiger partial charge in [-0.3, -0.25) is 9.59 Å². The molecule has 3 nitrogen and oxygen atoms in total. The van der Waals surface area contributed by atoms with Gasteiger partial charge in [0.05, 0.1) is 0 Å². The van der Waals surface area contributed by atoms with E-state index in [0.29, 0.717) is 17.4 Å². The number of aryl methyl sites for hydroxylation is 1. The molecule has 116 valence electrons. The first-order valence-electron chi connectivity index (χ1n) is 7.11. The summed E-state index contributed by atoms with van der Waals surface area (Å²) in [6.07, 6.45) is 1.96. The third-order valence-corrected chi connectivity index (χ3v) is 4.04. The highest BCUT2D eigenvalue weighted by molar-refractivity contribution is 7.99. The summed E-state index contributed by atoms with van der Waals surface area (Å²) in [7, 11) is 0. The Balaban J connectivity index is 0.000000220. The summed E-state index contributed by atoms with van der Waals surface area (Å²) in [5.74, 6) is 0.741. The molecule has 0 bridgehead atoms. The number of carbonyl (C=O) groups excluding carboxylic acids is 2. The molecule has 0 aliphatic heterocycles. The highest BCUT2D eigenvalue weighted by Gasteiger charge is 1.97. The Kier molecular flexibility index (Phi) is 8.00. The van der Waals surface area contributed by atoms with Crippen molar-refractivity contribution in [3.8, 4) is 0 Å². The molecule has 0 unspecified atom stereocenters. The molecule has 0 aromatic heterocycles. The van der Waals surface area contributed by atoms with Crippen LogP contribution in [-0.4, -0.2) is 17.9 Å². The van der Waals surface area contributed by atoms with Gasteiger partial charge in [0.1, 0.15) is 6.29 Å². The fourth-order valence-electron chi connectivity index (χ4n) is 1.58. The van der Waals surface area contributed by atoms with Gasteiger partial charge in [0.15, 0.2) is 0 Å². The van der Waals surface area contributed by atoms with Crippen molar-refractivity contribution in [2.24, 2.45) is 5.73 Å². The van der Waals surface area contributed by atoms with Crippen LogP contribution in [0.4, 0.5) is 0 Å². The Hall–Kier alpha value is -2.07. The molecule has 2 rings (SSSR count). The van der Waals surface area contributed by atoms with Gasteiger partial charge in [-0.05, 0) is 43.4 Å². The zero-order valence-corrected chi connectivity index (χ0v) is 13.7. The second kappa shape index (κ2) is 9.79. The minimum atomic E-state index is -0.484. The van der Waals surface area contributed by atoms with Crippen LogP contribution in [-0.2, 0) is 0 Å². The molecular weight excluding hydrogens is 294 g/mol. The fourth-order valence-corrected chi connectivity index (χ4v) is 2.35. The lowest BCUT2D eigenvalue weighted by atomic mass is 10.1. The standard InChI is InChI=1S/C10H14S.C8H7NO2/c1-3-8-11-10-6-4-9(2)5-7-10;9-8(11)7-3-1-6(5-10)2-4-7/h4-7H,3,8H2,1-2H3;1-5H,(H2,9,11). The predicted octanol–water partition coefficient (Wildman–Crippen LogP) is 4.10. The first kappa shape index (κ1) is 18.0. The minimum absolute atomic E-state index is 0.413. The number of hydrogen-bond acceptors (Lipinski definition) is 3. The Labute approximate surface area is 135 Å². The molecule has 0 atom stereocenters. The van der Waals surface area contributed by atoms with Crippen LogP contribution in [0.25, 0.3) is 0 Å². The average Bonchev–Trinajstić information content (AvgIpc) is 2.55. The summed E-state index contributed by atoms with van der Waals surface area (Å²) in [5.41, 5.74) is 7.27. The topological polar surface area (TPSA) is 60.2 Å². The molecule has 0 saturated heterocycles. The number of thioether (sulfide) groups is 1. The summed E-state index contributed by atoms with van der Waals surface area (Å²) in [5, 5.41) is 0. The molecule has 2 aromatic carbocycles. The molecule has 0 aliphatic carbocycles. The lowest BCUT2D eigenvalue weighted by molar-refractivity contribution is 0.0999. The van der Waals surface area contributed by atoms with Crippen LogP contribution in [0.15, 0.2) is 53.4 Å². The molecule has 0 aliphatic rings. The second-order valence-electron chi connectivity index (χ2n) is 4.77. The van der Waals surface area contributed by atoms with E-state index in [4.69, 9.17) is 5.73 Å². The lowest BCUT2D eigenvalue weighted by Crippen LogP contribution is -2.10. The van der Waals surface area contributed by atoms with Crippen LogP contribution in [0.2, 0.25) is 0 Å². The largest absolute Gasteiger partial charge is 0.366 e. The summed E-state index contributed by atoms with van der Waals surface area (Å²) < 4.78 is 0. The summed E-state index contributed by atoms with van der Waals surface area (Å²) >= 11 is 1.93. The van der Waals surface area contributed by atoms with E-state index in [9.17, 15) is 9.59 Å². The van der Waals surface area contributed by atoms with Gasteiger partial charge < -0.3 is 5.73 Å². The monoisotopic (exact) mass is 315 g/mol. The first-order valence-corrected chi connectivity index (χ1v) is 8.10. The van der Waals surface area contributed by atoms with E-state index in [0.717, 1.165) is 0 Å². The molecule has 22 heavy (non-hydrogen) atoms. The minimum Gasteiger partial charge on any atom is -0.366 e. The van der Waals surface area contributed by atoms with Gasteiger partial charge >= 0.3 is 0 Å². The van der Waals surface area contributed by atoms with Crippen molar-refractivity contribution in [1.29, 1.82) is 0 Å². The van der Waals surface area contributed by atoms with Crippen LogP contribution in [0, 0.1) is 6.92 Å². The number of aldehydes is 1. The molecular formula is C18H21NO2S. The van der Waals surface area contributed by atoms with E-state index in [2.05, 4.69) is 38.1 Å². The van der Waals surface area contributed by atoms with E-state index >= 15 is 0 Å². The van der Waals surface area contributed by atoms with Crippen molar-refractivity contribution in [3.05, 3.63) is 65.2 Å². The van der Waals surface area contributed by atoms with E-state index < -0.39 is 5.91 Å². The van der Waals surface area contributed by atoms with E-state index in [1.54, 1.807) is 12.1 Å². The van der Waals surface area contributed by atoms with Crippen molar-refractivity contribution in [1.82, 2.24) is 0 Å². The molecule has 4 heteroatoms. The SMILES string of the molecule is CCCSc1ccc(C)cc1.NC(=O)c1ccc(C=O)cc1. The third kappa shape index (κ3) is 6.59. The number of amides is 1. The predicted molar refractivity (Wildman–Crippen MR) is 92.5 cm³/mol. The number of hydrogen-bond donors (Lipinski definition) is 1. The van der Waals surface area contributed by atoms with Gasteiger partial charge in [-0.2, -0.15) is 0 Å². The molecule has 1 amide bonds. The Morgan fingerprint density at radius 2 is 1.68 bits per heavy atom. The van der Waals surface area contributed by atoms with Crippen LogP contribution in [0.5, 0.6) is 0 Å². The van der Waals surface area contributed by atoms with Crippen molar-refractivity contribution < 1.29 is 9.59 Å². The maximum atomic E-state index is 10.5. The Morgan fingerprint density at radius 3 is 2.14 bits per heavy atom. The number of rotatable bonds is 5. The molecule has 0 radical (unpaired) electrons. The van der Waals surface area contributed by atoms with Crippen LogP contribution in [0.3, 0.4) is 0 Å². The second-order valence-corrected chi connectivity index (χ2v) is 5.93. The van der Waals surface area contributed by atoms with E-state index in [-0.39, 0.29) is 0 Å². The number of carbonyl (C=O) groups is 2. The van der Waals surface area contributed by atoms with Gasteiger partial charge in [-0.25, -0.2) is 0 Å². The van der Waals surface area contributed by atoms with Gasteiger partial charge in [-0.15, -0.1) is 11.8 Å². The van der Waals surface area contributed by atoms with Crippen LogP contribution >= 0.6 is 11.8 Å². The first-order chi connectivity index (χ1) is 10.6. The number of benzene rings is 2. The highest BCUT2D eigenvalue weighted by atomic mass is 32.2. The zero-order valence-electron chi connectivity index (χ0n) is 12.9. The maximum absolute atomic E-state index is 10.5. The van der Waals surface area contributed by atoms with Gasteiger partial charge in [0.25, 0.3) is 0 Å². The molecule has 0 heterocycles. The number of primary amides is 1. The summed E-state index contributed by atoms with van der Waals surface area (Å²) in [4.78, 5) is 22.1. The van der Waals surface area contributed by atoms with Gasteiger partial charge in [-0.1, -0.05) is 36.8 Å². The third-order valence-electron chi connectivity index (χ3n) is 2.83. The van der Waals surface area contributed by atoms with E-state index in [1.807, 2.05) is 11.8 Å². The zero-order chi connectivity index (χ0) is 16.4. The van der Waals surface area contributed by atoms with Crippen molar-refractivity contribution in [3.63, 3.8) is 0 Å². The molecule has 2 N–H and O–H groups in total. The lowest BCUT2D eigenvalue weighted by Gasteiger charge is -1.98.